The van der Waals surface area contributed by atoms with Crippen LogP contribution in [0.4, 0.5) is 10.3 Å². The lowest BCUT2D eigenvalue weighted by atomic mass is 10.3. The first-order valence-electron chi connectivity index (χ1n) is 5.29. The number of anilines is 1. The van der Waals surface area contributed by atoms with Crippen molar-refractivity contribution in [2.45, 2.75) is 6.42 Å². The van der Waals surface area contributed by atoms with Crippen LogP contribution in [0.3, 0.4) is 0 Å². The van der Waals surface area contributed by atoms with Crippen LogP contribution in [0.1, 0.15) is 6.42 Å². The van der Waals surface area contributed by atoms with Gasteiger partial charge < -0.3 is 15.6 Å². The normalized spacial score (nSPS) is 10.5. The van der Waals surface area contributed by atoms with Crippen LogP contribution < -0.4 is 10.6 Å². The van der Waals surface area contributed by atoms with Gasteiger partial charge in [-0.1, -0.05) is 0 Å². The van der Waals surface area contributed by atoms with E-state index in [-0.39, 0.29) is 11.7 Å². The lowest BCUT2D eigenvalue weighted by Crippen LogP contribution is -2.21. The minimum absolute atomic E-state index is 0.0420. The van der Waals surface area contributed by atoms with Crippen molar-refractivity contribution in [2.24, 2.45) is 0 Å². The Morgan fingerprint density at radius 2 is 2.35 bits per heavy atom. The number of halogens is 1. The van der Waals surface area contributed by atoms with Crippen LogP contribution in [-0.2, 0) is 4.79 Å². The highest BCUT2D eigenvalue weighted by Crippen LogP contribution is 2.15. The highest BCUT2D eigenvalue weighted by Gasteiger charge is 2.04. The second kappa shape index (κ2) is 4.82. The summed E-state index contributed by atoms with van der Waals surface area (Å²) in [6, 6.07) is 4.34. The van der Waals surface area contributed by atoms with E-state index in [1.807, 2.05) is 0 Å². The number of hydrogen-bond donors (Lipinski definition) is 3. The largest absolute Gasteiger partial charge is 0.359 e. The molecule has 17 heavy (non-hydrogen) atoms. The number of fused-ring (bicyclic) bond motifs is 1. The van der Waals surface area contributed by atoms with Gasteiger partial charge in [0.2, 0.25) is 11.9 Å². The molecule has 1 amide bonds. The van der Waals surface area contributed by atoms with Gasteiger partial charge in [-0.3, -0.25) is 4.79 Å². The molecule has 3 N–H and O–H groups in total. The fourth-order valence-corrected chi connectivity index (χ4v) is 1.48. The van der Waals surface area contributed by atoms with Gasteiger partial charge in [0.25, 0.3) is 0 Å². The number of amides is 1. The topological polar surface area (TPSA) is 69.8 Å². The molecular weight excluding hydrogens is 223 g/mol. The summed E-state index contributed by atoms with van der Waals surface area (Å²) in [5, 5.41) is 5.49. The molecule has 0 saturated carbocycles. The maximum absolute atomic E-state index is 12.9. The molecular formula is C11H13FN4O. The Bertz CT molecular complexity index is 537. The molecule has 1 aromatic carbocycles. The van der Waals surface area contributed by atoms with Crippen molar-refractivity contribution < 1.29 is 9.18 Å². The zero-order valence-electron chi connectivity index (χ0n) is 9.38. The van der Waals surface area contributed by atoms with E-state index in [9.17, 15) is 9.18 Å². The van der Waals surface area contributed by atoms with E-state index in [1.165, 1.54) is 12.1 Å². The number of rotatable bonds is 4. The van der Waals surface area contributed by atoms with E-state index in [1.54, 1.807) is 13.1 Å². The van der Waals surface area contributed by atoms with Gasteiger partial charge in [-0.2, -0.15) is 0 Å². The molecule has 6 heteroatoms. The number of hydrogen-bond acceptors (Lipinski definition) is 3. The lowest BCUT2D eigenvalue weighted by Gasteiger charge is -2.01. The number of nitrogens with one attached hydrogen (secondary N) is 3. The Hall–Kier alpha value is -2.11. The average molecular weight is 236 g/mol. The van der Waals surface area contributed by atoms with Gasteiger partial charge in [-0.25, -0.2) is 9.37 Å². The number of nitrogens with zero attached hydrogens (tertiary/aromatic N) is 1. The van der Waals surface area contributed by atoms with Crippen LogP contribution in [0.2, 0.25) is 0 Å². The maximum atomic E-state index is 12.9. The van der Waals surface area contributed by atoms with Crippen LogP contribution in [0, 0.1) is 5.82 Å². The Morgan fingerprint density at radius 1 is 1.53 bits per heavy atom. The third-order valence-corrected chi connectivity index (χ3v) is 2.37. The predicted octanol–water partition coefficient (Wildman–Crippen LogP) is 1.25. The Labute approximate surface area is 97.4 Å². The molecule has 0 unspecified atom stereocenters. The summed E-state index contributed by atoms with van der Waals surface area (Å²) in [6.45, 7) is 0.474. The molecule has 0 saturated heterocycles. The number of imidazole rings is 1. The summed E-state index contributed by atoms with van der Waals surface area (Å²) in [7, 11) is 1.59. The quantitative estimate of drug-likeness (QED) is 0.748. The summed E-state index contributed by atoms with van der Waals surface area (Å²) < 4.78 is 12.9. The van der Waals surface area contributed by atoms with Crippen molar-refractivity contribution in [3.8, 4) is 0 Å². The molecule has 0 fully saturated rings. The molecule has 0 spiro atoms. The van der Waals surface area contributed by atoms with Crippen molar-refractivity contribution in [1.29, 1.82) is 0 Å². The summed E-state index contributed by atoms with van der Waals surface area (Å²) in [5.41, 5.74) is 1.32. The summed E-state index contributed by atoms with van der Waals surface area (Å²) in [5.74, 6) is 0.187. The molecule has 0 aliphatic heterocycles. The van der Waals surface area contributed by atoms with Gasteiger partial charge in [0.05, 0.1) is 11.0 Å². The Morgan fingerprint density at radius 3 is 3.12 bits per heavy atom. The number of aromatic amines is 1. The van der Waals surface area contributed by atoms with E-state index in [0.29, 0.717) is 29.9 Å². The van der Waals surface area contributed by atoms with Crippen LogP contribution in [0.5, 0.6) is 0 Å². The highest BCUT2D eigenvalue weighted by atomic mass is 19.1. The molecule has 0 aliphatic carbocycles. The molecule has 0 atom stereocenters. The van der Waals surface area contributed by atoms with Gasteiger partial charge in [0.15, 0.2) is 0 Å². The molecule has 0 radical (unpaired) electrons. The Kier molecular flexibility index (Phi) is 3.22. The van der Waals surface area contributed by atoms with Crippen molar-refractivity contribution in [3.05, 3.63) is 24.0 Å². The minimum Gasteiger partial charge on any atom is -0.359 e. The number of carbonyl (C=O) groups excluding carboxylic acids is 1. The SMILES string of the molecule is CNC(=O)CCNc1nc2ccc(F)cc2[nH]1. The van der Waals surface area contributed by atoms with E-state index in [0.717, 1.165) is 0 Å². The maximum Gasteiger partial charge on any atom is 0.221 e. The number of H-pyrrole nitrogens is 1. The number of benzene rings is 1. The van der Waals surface area contributed by atoms with Gasteiger partial charge in [-0.15, -0.1) is 0 Å². The van der Waals surface area contributed by atoms with E-state index in [4.69, 9.17) is 0 Å². The number of aromatic nitrogens is 2. The van der Waals surface area contributed by atoms with Crippen molar-refractivity contribution >= 4 is 22.9 Å². The fraction of sp³-hybridized carbons (Fsp3) is 0.273. The smallest absolute Gasteiger partial charge is 0.221 e. The molecule has 0 bridgehead atoms. The van der Waals surface area contributed by atoms with Crippen LogP contribution >= 0.6 is 0 Å². The first-order chi connectivity index (χ1) is 8.19. The van der Waals surface area contributed by atoms with Crippen molar-refractivity contribution in [2.75, 3.05) is 18.9 Å². The van der Waals surface area contributed by atoms with Gasteiger partial charge in [0, 0.05) is 20.0 Å². The zero-order valence-corrected chi connectivity index (χ0v) is 9.38. The van der Waals surface area contributed by atoms with Gasteiger partial charge >= 0.3 is 0 Å². The first kappa shape index (κ1) is 11.4. The summed E-state index contributed by atoms with van der Waals surface area (Å²) in [4.78, 5) is 18.1. The highest BCUT2D eigenvalue weighted by molar-refractivity contribution is 5.78. The van der Waals surface area contributed by atoms with Crippen molar-refractivity contribution in [1.82, 2.24) is 15.3 Å². The monoisotopic (exact) mass is 236 g/mol. The summed E-state index contributed by atoms with van der Waals surface area (Å²) >= 11 is 0. The van der Waals surface area contributed by atoms with Crippen LogP contribution in [-0.4, -0.2) is 29.5 Å². The molecule has 1 heterocycles. The van der Waals surface area contributed by atoms with E-state index in [2.05, 4.69) is 20.6 Å². The lowest BCUT2D eigenvalue weighted by molar-refractivity contribution is -0.120. The van der Waals surface area contributed by atoms with Crippen molar-refractivity contribution in [3.63, 3.8) is 0 Å². The standard InChI is InChI=1S/C11H13FN4O/c1-13-10(17)4-5-14-11-15-8-3-2-7(12)6-9(8)16-11/h2-3,6H,4-5H2,1H3,(H,13,17)(H2,14,15,16). The molecule has 2 rings (SSSR count). The van der Waals surface area contributed by atoms with E-state index >= 15 is 0 Å². The van der Waals surface area contributed by atoms with Gasteiger partial charge in [0.1, 0.15) is 5.82 Å². The zero-order chi connectivity index (χ0) is 12.3. The number of carbonyl (C=O) groups is 1. The molecule has 1 aromatic heterocycles. The second-order valence-electron chi connectivity index (χ2n) is 3.60. The first-order valence-corrected chi connectivity index (χ1v) is 5.29. The molecule has 90 valence electrons. The second-order valence-corrected chi connectivity index (χ2v) is 3.60. The third-order valence-electron chi connectivity index (χ3n) is 2.37. The van der Waals surface area contributed by atoms with Crippen LogP contribution in [0.15, 0.2) is 18.2 Å². The molecule has 0 aliphatic rings. The fourth-order valence-electron chi connectivity index (χ4n) is 1.48. The van der Waals surface area contributed by atoms with E-state index < -0.39 is 0 Å². The Balaban J connectivity index is 2.02. The average Bonchev–Trinajstić information content (AvgIpc) is 2.70. The molecule has 5 nitrogen and oxygen atoms in total. The minimum atomic E-state index is -0.307. The van der Waals surface area contributed by atoms with Crippen LogP contribution in [0.25, 0.3) is 11.0 Å². The third kappa shape index (κ3) is 2.72. The summed E-state index contributed by atoms with van der Waals surface area (Å²) in [6.07, 6.45) is 0.363. The molecule has 2 aromatic rings. The van der Waals surface area contributed by atoms with Gasteiger partial charge in [-0.05, 0) is 18.2 Å². The predicted molar refractivity (Wildman–Crippen MR) is 63.2 cm³/mol.